The third kappa shape index (κ3) is 3.04. The summed E-state index contributed by atoms with van der Waals surface area (Å²) in [5.74, 6) is 0.273. The number of amides is 1. The lowest BCUT2D eigenvalue weighted by atomic mass is 9.98. The third-order valence-corrected chi connectivity index (χ3v) is 4.52. The van der Waals surface area contributed by atoms with Crippen molar-refractivity contribution < 1.29 is 9.53 Å². The van der Waals surface area contributed by atoms with Gasteiger partial charge in [-0.2, -0.15) is 0 Å². The molecule has 0 radical (unpaired) electrons. The second kappa shape index (κ2) is 6.40. The molecule has 3 nitrogen and oxygen atoms in total. The Morgan fingerprint density at radius 3 is 2.25 bits per heavy atom. The van der Waals surface area contributed by atoms with Crippen molar-refractivity contribution >= 4 is 5.91 Å². The van der Waals surface area contributed by atoms with Crippen LogP contribution in [-0.2, 0) is 22.4 Å². The Bertz CT molecular complexity index is 441. The highest BCUT2D eigenvalue weighted by Crippen LogP contribution is 2.32. The van der Waals surface area contributed by atoms with Gasteiger partial charge in [0.25, 0.3) is 0 Å². The van der Waals surface area contributed by atoms with Crippen molar-refractivity contribution in [2.45, 2.75) is 45.1 Å². The number of ether oxygens (including phenoxy) is 1. The number of hydrogen-bond donors (Lipinski definition) is 1. The number of methoxy groups -OCH3 is 1. The molecule has 0 bridgehead atoms. The zero-order valence-electron chi connectivity index (χ0n) is 12.7. The molecule has 2 rings (SSSR count). The maximum atomic E-state index is 12.1. The summed E-state index contributed by atoms with van der Waals surface area (Å²) in [6.07, 6.45) is 3.54. The van der Waals surface area contributed by atoms with Gasteiger partial charge in [-0.05, 0) is 24.0 Å². The Balaban J connectivity index is 1.99. The number of rotatable bonds is 6. The molecular weight excluding hydrogens is 250 g/mol. The van der Waals surface area contributed by atoms with Gasteiger partial charge < -0.3 is 10.1 Å². The zero-order valence-corrected chi connectivity index (χ0v) is 12.7. The summed E-state index contributed by atoms with van der Waals surface area (Å²) in [5, 5.41) is 3.09. The zero-order chi connectivity index (χ0) is 14.6. The maximum absolute atomic E-state index is 12.1. The molecule has 1 aliphatic carbocycles. The molecule has 1 aromatic carbocycles. The van der Waals surface area contributed by atoms with Crippen LogP contribution in [0, 0.1) is 5.92 Å². The first kappa shape index (κ1) is 15.0. The minimum absolute atomic E-state index is 0.118. The fourth-order valence-corrected chi connectivity index (χ4v) is 3.05. The predicted octanol–water partition coefficient (Wildman–Crippen LogP) is 2.72. The van der Waals surface area contributed by atoms with Gasteiger partial charge in [0.05, 0.1) is 5.60 Å². The number of carbonyl (C=O) groups is 1. The van der Waals surface area contributed by atoms with Gasteiger partial charge in [-0.3, -0.25) is 4.79 Å². The summed E-state index contributed by atoms with van der Waals surface area (Å²) < 4.78 is 5.76. The highest BCUT2D eigenvalue weighted by Gasteiger charge is 2.37. The van der Waals surface area contributed by atoms with Crippen molar-refractivity contribution in [2.24, 2.45) is 5.92 Å². The molecular formula is C17H25NO2. The highest BCUT2D eigenvalue weighted by atomic mass is 16.5. The van der Waals surface area contributed by atoms with Gasteiger partial charge in [-0.25, -0.2) is 0 Å². The van der Waals surface area contributed by atoms with Gasteiger partial charge in [0, 0.05) is 32.4 Å². The molecule has 1 amide bonds. The van der Waals surface area contributed by atoms with E-state index in [-0.39, 0.29) is 17.4 Å². The summed E-state index contributed by atoms with van der Waals surface area (Å²) in [6, 6.07) is 8.43. The van der Waals surface area contributed by atoms with Crippen LogP contribution < -0.4 is 5.32 Å². The molecule has 0 aromatic heterocycles. The van der Waals surface area contributed by atoms with E-state index in [0.717, 1.165) is 25.7 Å². The highest BCUT2D eigenvalue weighted by molar-refractivity contribution is 5.78. The molecule has 0 aliphatic heterocycles. The summed E-state index contributed by atoms with van der Waals surface area (Å²) >= 11 is 0. The molecule has 0 saturated carbocycles. The smallest absolute Gasteiger partial charge is 0.223 e. The lowest BCUT2D eigenvalue weighted by molar-refractivity contribution is -0.126. The average Bonchev–Trinajstić information content (AvgIpc) is 2.85. The normalized spacial score (nSPS) is 16.2. The van der Waals surface area contributed by atoms with Gasteiger partial charge in [-0.15, -0.1) is 0 Å². The van der Waals surface area contributed by atoms with Gasteiger partial charge >= 0.3 is 0 Å². The van der Waals surface area contributed by atoms with E-state index in [2.05, 4.69) is 43.4 Å². The maximum Gasteiger partial charge on any atom is 0.223 e. The van der Waals surface area contributed by atoms with Crippen LogP contribution in [-0.4, -0.2) is 25.2 Å². The van der Waals surface area contributed by atoms with E-state index in [1.807, 2.05) is 0 Å². The van der Waals surface area contributed by atoms with Crippen LogP contribution in [0.2, 0.25) is 0 Å². The average molecular weight is 275 g/mol. The molecule has 0 saturated heterocycles. The lowest BCUT2D eigenvalue weighted by Gasteiger charge is -2.28. The van der Waals surface area contributed by atoms with Crippen LogP contribution in [0.1, 0.15) is 37.8 Å². The number of benzene rings is 1. The molecule has 20 heavy (non-hydrogen) atoms. The number of fused-ring (bicyclic) bond motifs is 1. The van der Waals surface area contributed by atoms with E-state index in [1.165, 1.54) is 11.1 Å². The van der Waals surface area contributed by atoms with E-state index >= 15 is 0 Å². The molecule has 3 heteroatoms. The van der Waals surface area contributed by atoms with Crippen molar-refractivity contribution in [3.8, 4) is 0 Å². The quantitative estimate of drug-likeness (QED) is 0.867. The summed E-state index contributed by atoms with van der Waals surface area (Å²) in [4.78, 5) is 12.1. The van der Waals surface area contributed by atoms with Crippen LogP contribution in [0.3, 0.4) is 0 Å². The molecule has 0 heterocycles. The molecule has 0 unspecified atom stereocenters. The standard InChI is InChI=1S/C17H25NO2/c1-4-13(5-2)16(19)18-12-17(20-3)10-14-8-6-7-9-15(14)11-17/h6-9,13H,4-5,10-12H2,1-3H3,(H,18,19). The number of nitrogens with one attached hydrogen (secondary N) is 1. The van der Waals surface area contributed by atoms with Crippen molar-refractivity contribution in [1.82, 2.24) is 5.32 Å². The van der Waals surface area contributed by atoms with Crippen LogP contribution >= 0.6 is 0 Å². The van der Waals surface area contributed by atoms with Gasteiger partial charge in [0.1, 0.15) is 0 Å². The first-order valence-corrected chi connectivity index (χ1v) is 7.53. The lowest BCUT2D eigenvalue weighted by Crippen LogP contribution is -2.46. The van der Waals surface area contributed by atoms with E-state index in [4.69, 9.17) is 4.74 Å². The molecule has 1 aliphatic rings. The van der Waals surface area contributed by atoms with Crippen LogP contribution in [0.4, 0.5) is 0 Å². The Hall–Kier alpha value is -1.35. The second-order valence-corrected chi connectivity index (χ2v) is 5.74. The number of carbonyl (C=O) groups excluding carboxylic acids is 1. The van der Waals surface area contributed by atoms with Crippen molar-refractivity contribution in [3.05, 3.63) is 35.4 Å². The molecule has 1 aromatic rings. The first-order valence-electron chi connectivity index (χ1n) is 7.53. The van der Waals surface area contributed by atoms with Crippen LogP contribution in [0.25, 0.3) is 0 Å². The van der Waals surface area contributed by atoms with E-state index in [1.54, 1.807) is 7.11 Å². The molecule has 0 atom stereocenters. The summed E-state index contributed by atoms with van der Waals surface area (Å²) in [5.41, 5.74) is 2.41. The van der Waals surface area contributed by atoms with Crippen molar-refractivity contribution in [1.29, 1.82) is 0 Å². The second-order valence-electron chi connectivity index (χ2n) is 5.74. The van der Waals surface area contributed by atoms with Crippen LogP contribution in [0.5, 0.6) is 0 Å². The molecule has 1 N–H and O–H groups in total. The van der Waals surface area contributed by atoms with E-state index < -0.39 is 0 Å². The minimum atomic E-state index is -0.272. The van der Waals surface area contributed by atoms with E-state index in [0.29, 0.717) is 6.54 Å². The Labute approximate surface area is 121 Å². The largest absolute Gasteiger partial charge is 0.376 e. The van der Waals surface area contributed by atoms with E-state index in [9.17, 15) is 4.79 Å². The fourth-order valence-electron chi connectivity index (χ4n) is 3.05. The van der Waals surface area contributed by atoms with Crippen molar-refractivity contribution in [2.75, 3.05) is 13.7 Å². The van der Waals surface area contributed by atoms with Crippen molar-refractivity contribution in [3.63, 3.8) is 0 Å². The SMILES string of the molecule is CCC(CC)C(=O)NCC1(OC)Cc2ccccc2C1. The Morgan fingerprint density at radius 1 is 1.25 bits per heavy atom. The number of hydrogen-bond acceptors (Lipinski definition) is 2. The monoisotopic (exact) mass is 275 g/mol. The van der Waals surface area contributed by atoms with Gasteiger partial charge in [-0.1, -0.05) is 38.1 Å². The Morgan fingerprint density at radius 2 is 1.80 bits per heavy atom. The molecule has 0 fully saturated rings. The Kier molecular flexibility index (Phi) is 4.81. The van der Waals surface area contributed by atoms with Gasteiger partial charge in [0.15, 0.2) is 0 Å². The van der Waals surface area contributed by atoms with Gasteiger partial charge in [0.2, 0.25) is 5.91 Å². The van der Waals surface area contributed by atoms with Crippen LogP contribution in [0.15, 0.2) is 24.3 Å². The minimum Gasteiger partial charge on any atom is -0.376 e. The summed E-state index contributed by atoms with van der Waals surface area (Å²) in [7, 11) is 1.75. The molecule has 110 valence electrons. The fraction of sp³-hybridized carbons (Fsp3) is 0.588. The topological polar surface area (TPSA) is 38.3 Å². The first-order chi connectivity index (χ1) is 9.64. The summed E-state index contributed by atoms with van der Waals surface area (Å²) in [6.45, 7) is 4.71. The molecule has 0 spiro atoms. The predicted molar refractivity (Wildman–Crippen MR) is 80.7 cm³/mol. The third-order valence-electron chi connectivity index (χ3n) is 4.52.